The van der Waals surface area contributed by atoms with Crippen molar-refractivity contribution < 1.29 is 42.1 Å². The molecule has 2 unspecified atom stereocenters. The lowest BCUT2D eigenvalue weighted by Crippen LogP contribution is -2.37. The summed E-state index contributed by atoms with van der Waals surface area (Å²) in [6, 6.07) is 0. The van der Waals surface area contributed by atoms with E-state index >= 15 is 0 Å². The summed E-state index contributed by atoms with van der Waals surface area (Å²) in [7, 11) is 1.18. The molecule has 0 aliphatic rings. The first-order chi connectivity index (χ1) is 27.5. The quantitative estimate of drug-likeness (QED) is 0.0258. The van der Waals surface area contributed by atoms with Gasteiger partial charge in [0.25, 0.3) is 7.82 Å². The van der Waals surface area contributed by atoms with E-state index in [4.69, 9.17) is 18.5 Å². The lowest BCUT2D eigenvalue weighted by molar-refractivity contribution is -0.870. The Morgan fingerprint density at radius 2 is 0.789 bits per heavy atom. The average Bonchev–Trinajstić information content (AvgIpc) is 3.16. The molecule has 57 heavy (non-hydrogen) atoms. The summed E-state index contributed by atoms with van der Waals surface area (Å²) in [6.07, 6.45) is 41.5. The molecule has 0 aromatic heterocycles. The van der Waals surface area contributed by atoms with E-state index in [-0.39, 0.29) is 32.0 Å². The van der Waals surface area contributed by atoms with Gasteiger partial charge in [0, 0.05) is 12.8 Å². The van der Waals surface area contributed by atoms with Crippen LogP contribution in [-0.2, 0) is 32.7 Å². The second kappa shape index (κ2) is 40.4. The van der Waals surface area contributed by atoms with Crippen molar-refractivity contribution >= 4 is 19.8 Å². The van der Waals surface area contributed by atoms with E-state index in [9.17, 15) is 19.0 Å². The Bertz CT molecular complexity index is 943. The van der Waals surface area contributed by atoms with Gasteiger partial charge in [0.15, 0.2) is 6.10 Å². The maximum atomic E-state index is 12.7. The summed E-state index contributed by atoms with van der Waals surface area (Å²) < 4.78 is 33.9. The van der Waals surface area contributed by atoms with Crippen molar-refractivity contribution in [1.29, 1.82) is 0 Å². The molecule has 9 nitrogen and oxygen atoms in total. The predicted octanol–water partition coefficient (Wildman–Crippen LogP) is 13.3. The van der Waals surface area contributed by atoms with Crippen LogP contribution in [0.3, 0.4) is 0 Å². The molecule has 10 heteroatoms. The minimum atomic E-state index is -4.61. The maximum absolute atomic E-state index is 12.7. The fourth-order valence-electron chi connectivity index (χ4n) is 7.07. The monoisotopic (exact) mass is 832 g/mol. The number of carbonyl (C=O) groups excluding carboxylic acids is 2. The Hall–Kier alpha value is -0.990. The summed E-state index contributed by atoms with van der Waals surface area (Å²) in [5, 5.41) is 0. The smallest absolute Gasteiger partial charge is 0.306 e. The molecule has 0 amide bonds. The van der Waals surface area contributed by atoms with Crippen LogP contribution in [0.5, 0.6) is 0 Å². The second-order valence-corrected chi connectivity index (χ2v) is 19.3. The molecular weight excluding hydrogens is 737 g/mol. The average molecular weight is 832 g/mol. The molecule has 0 fully saturated rings. The molecule has 0 spiro atoms. The normalized spacial score (nSPS) is 13.4. The van der Waals surface area contributed by atoms with Crippen LogP contribution >= 0.6 is 7.82 Å². The summed E-state index contributed by atoms with van der Waals surface area (Å²) >= 11 is 0. The van der Waals surface area contributed by atoms with Crippen molar-refractivity contribution in [2.75, 3.05) is 47.5 Å². The molecule has 0 aliphatic heterocycles. The van der Waals surface area contributed by atoms with Gasteiger partial charge >= 0.3 is 11.9 Å². The van der Waals surface area contributed by atoms with Gasteiger partial charge in [-0.15, -0.1) is 0 Å². The first kappa shape index (κ1) is 56.0. The van der Waals surface area contributed by atoms with Crippen LogP contribution in [-0.4, -0.2) is 70.0 Å². The zero-order chi connectivity index (χ0) is 42.1. The Morgan fingerprint density at radius 3 is 1.12 bits per heavy atom. The Balaban J connectivity index is 4.09. The van der Waals surface area contributed by atoms with Crippen molar-refractivity contribution in [3.63, 3.8) is 0 Å². The van der Waals surface area contributed by atoms with Gasteiger partial charge in [-0.3, -0.25) is 14.2 Å². The maximum Gasteiger partial charge on any atom is 0.306 e. The van der Waals surface area contributed by atoms with E-state index in [0.29, 0.717) is 17.4 Å². The number of ether oxygens (including phenoxy) is 2. The fraction of sp³-hybridized carbons (Fsp3) is 0.957. The Kier molecular flexibility index (Phi) is 39.7. The molecule has 0 heterocycles. The van der Waals surface area contributed by atoms with Gasteiger partial charge in [-0.2, -0.15) is 0 Å². The zero-order valence-electron chi connectivity index (χ0n) is 38.3. The molecule has 340 valence electrons. The van der Waals surface area contributed by atoms with E-state index in [1.807, 2.05) is 21.1 Å². The third-order valence-corrected chi connectivity index (χ3v) is 11.8. The van der Waals surface area contributed by atoms with Crippen LogP contribution in [0.4, 0.5) is 0 Å². The molecule has 0 radical (unpaired) electrons. The highest BCUT2D eigenvalue weighted by atomic mass is 31.2. The fourth-order valence-corrected chi connectivity index (χ4v) is 7.80. The van der Waals surface area contributed by atoms with Gasteiger partial charge in [0.05, 0.1) is 27.7 Å². The third kappa shape index (κ3) is 44.4. The molecule has 0 aromatic rings. The molecule has 0 aromatic carbocycles. The van der Waals surface area contributed by atoms with Gasteiger partial charge in [-0.05, 0) is 12.8 Å². The van der Waals surface area contributed by atoms with Gasteiger partial charge in [-0.25, -0.2) is 0 Å². The number of hydrogen-bond acceptors (Lipinski definition) is 8. The predicted molar refractivity (Wildman–Crippen MR) is 236 cm³/mol. The largest absolute Gasteiger partial charge is 0.756 e. The molecule has 0 bridgehead atoms. The van der Waals surface area contributed by atoms with Crippen molar-refractivity contribution in [2.24, 2.45) is 0 Å². The van der Waals surface area contributed by atoms with Crippen LogP contribution in [0, 0.1) is 0 Å². The minimum Gasteiger partial charge on any atom is -0.756 e. The van der Waals surface area contributed by atoms with Crippen LogP contribution < -0.4 is 4.89 Å². The molecule has 0 saturated heterocycles. The van der Waals surface area contributed by atoms with E-state index < -0.39 is 26.5 Å². The summed E-state index contributed by atoms with van der Waals surface area (Å²) in [6.45, 7) is 4.25. The highest BCUT2D eigenvalue weighted by Gasteiger charge is 2.21. The van der Waals surface area contributed by atoms with Crippen molar-refractivity contribution in [2.45, 2.75) is 245 Å². The summed E-state index contributed by atoms with van der Waals surface area (Å²) in [5.41, 5.74) is 0. The van der Waals surface area contributed by atoms with E-state index in [1.54, 1.807) is 0 Å². The third-order valence-electron chi connectivity index (χ3n) is 10.9. The number of likely N-dealkylation sites (N-methyl/N-ethyl adjacent to an activating group) is 1. The molecule has 2 atom stereocenters. The van der Waals surface area contributed by atoms with Crippen molar-refractivity contribution in [3.8, 4) is 0 Å². The van der Waals surface area contributed by atoms with Gasteiger partial charge < -0.3 is 27.9 Å². The molecule has 0 aliphatic carbocycles. The summed E-state index contributed by atoms with van der Waals surface area (Å²) in [5.74, 6) is -0.822. The molecule has 0 saturated carbocycles. The number of nitrogens with zero attached hydrogens (tertiary/aromatic N) is 1. The molecular formula is C47H94NO8P. The zero-order valence-corrected chi connectivity index (χ0v) is 39.2. The number of quaternary nitrogens is 1. The minimum absolute atomic E-state index is 0.0258. The SMILES string of the molecule is CCCCCCCCCCCCCCCCCCCCCCCCCCC(=O)OC(COC(=O)CCCCCCCCCCC)COP(=O)([O-])OCC[N+](C)(C)C. The van der Waals surface area contributed by atoms with Crippen molar-refractivity contribution in [3.05, 3.63) is 0 Å². The highest BCUT2D eigenvalue weighted by Crippen LogP contribution is 2.38. The number of phosphoric ester groups is 1. The van der Waals surface area contributed by atoms with E-state index in [2.05, 4.69) is 13.8 Å². The number of hydrogen-bond donors (Lipinski definition) is 0. The van der Waals surface area contributed by atoms with Crippen LogP contribution in [0.15, 0.2) is 0 Å². The highest BCUT2D eigenvalue weighted by molar-refractivity contribution is 7.45. The first-order valence-electron chi connectivity index (χ1n) is 24.2. The van der Waals surface area contributed by atoms with Gasteiger partial charge in [-0.1, -0.05) is 213 Å². The van der Waals surface area contributed by atoms with E-state index in [0.717, 1.165) is 32.1 Å². The second-order valence-electron chi connectivity index (χ2n) is 17.8. The van der Waals surface area contributed by atoms with Crippen LogP contribution in [0.1, 0.15) is 239 Å². The van der Waals surface area contributed by atoms with Crippen LogP contribution in [0.25, 0.3) is 0 Å². The number of carbonyl (C=O) groups is 2. The van der Waals surface area contributed by atoms with Crippen LogP contribution in [0.2, 0.25) is 0 Å². The van der Waals surface area contributed by atoms with Crippen molar-refractivity contribution in [1.82, 2.24) is 0 Å². The topological polar surface area (TPSA) is 111 Å². The number of esters is 2. The number of phosphoric acid groups is 1. The Morgan fingerprint density at radius 1 is 0.474 bits per heavy atom. The summed E-state index contributed by atoms with van der Waals surface area (Å²) in [4.78, 5) is 37.5. The standard InChI is InChI=1S/C47H94NO8P/c1-6-8-10-12-14-16-17-18-19-20-21-22-23-24-25-26-27-28-29-30-32-34-36-38-40-47(50)56-45(44-55-57(51,52)54-42-41-48(3,4)5)43-53-46(49)39-37-35-33-31-15-13-11-9-7-2/h45H,6-44H2,1-5H3. The molecule has 0 rings (SSSR count). The van der Waals surface area contributed by atoms with E-state index in [1.165, 1.54) is 173 Å². The van der Waals surface area contributed by atoms with Gasteiger partial charge in [0.1, 0.15) is 19.8 Å². The van der Waals surface area contributed by atoms with Gasteiger partial charge in [0.2, 0.25) is 0 Å². The lowest BCUT2D eigenvalue weighted by atomic mass is 10.0. The lowest BCUT2D eigenvalue weighted by Gasteiger charge is -2.28. The Labute approximate surface area is 353 Å². The number of unbranched alkanes of at least 4 members (excludes halogenated alkanes) is 31. The molecule has 0 N–H and O–H groups in total. The first-order valence-corrected chi connectivity index (χ1v) is 25.7. The number of rotatable bonds is 45.